The first-order valence-electron chi connectivity index (χ1n) is 4.37. The molecule has 0 unspecified atom stereocenters. The van der Waals surface area contributed by atoms with Gasteiger partial charge in [0.2, 0.25) is 0 Å². The predicted molar refractivity (Wildman–Crippen MR) is 46.8 cm³/mol. The van der Waals surface area contributed by atoms with Crippen LogP contribution in [-0.4, -0.2) is 5.71 Å². The SMILES string of the molecule is CCCCCCC(=N)CC. The standard InChI is InChI=1S/C9H19N/c1-3-5-6-7-8-9(10)4-2/h10H,3-8H2,1-2H3. The van der Waals surface area contributed by atoms with Crippen molar-refractivity contribution in [3.05, 3.63) is 0 Å². The van der Waals surface area contributed by atoms with E-state index in [0.717, 1.165) is 18.6 Å². The van der Waals surface area contributed by atoms with Crippen molar-refractivity contribution in [2.24, 2.45) is 0 Å². The third-order valence-corrected chi connectivity index (χ3v) is 1.76. The van der Waals surface area contributed by atoms with Crippen LogP contribution in [0, 0.1) is 5.41 Å². The second kappa shape index (κ2) is 6.79. The Balaban J connectivity index is 2.96. The van der Waals surface area contributed by atoms with Crippen LogP contribution in [0.25, 0.3) is 0 Å². The predicted octanol–water partition coefficient (Wildman–Crippen LogP) is 3.39. The summed E-state index contributed by atoms with van der Waals surface area (Å²) in [4.78, 5) is 0. The lowest BCUT2D eigenvalue weighted by Gasteiger charge is -1.98. The van der Waals surface area contributed by atoms with E-state index in [9.17, 15) is 0 Å². The molecule has 0 heterocycles. The van der Waals surface area contributed by atoms with Crippen molar-refractivity contribution in [3.8, 4) is 0 Å². The quantitative estimate of drug-likeness (QED) is 0.433. The average molecular weight is 141 g/mol. The molecule has 0 radical (unpaired) electrons. The molecule has 60 valence electrons. The third-order valence-electron chi connectivity index (χ3n) is 1.76. The average Bonchev–Trinajstić information content (AvgIpc) is 1.98. The fraction of sp³-hybridized carbons (Fsp3) is 0.889. The Morgan fingerprint density at radius 2 is 1.80 bits per heavy atom. The van der Waals surface area contributed by atoms with Gasteiger partial charge in [-0.2, -0.15) is 0 Å². The molecule has 0 aliphatic carbocycles. The number of unbranched alkanes of at least 4 members (excludes halogenated alkanes) is 3. The summed E-state index contributed by atoms with van der Waals surface area (Å²) < 4.78 is 0. The Bertz CT molecular complexity index is 86.7. The Hall–Kier alpha value is -0.330. The van der Waals surface area contributed by atoms with Gasteiger partial charge in [-0.05, 0) is 19.3 Å². The third kappa shape index (κ3) is 5.80. The molecular weight excluding hydrogens is 122 g/mol. The minimum absolute atomic E-state index is 0.913. The van der Waals surface area contributed by atoms with Crippen molar-refractivity contribution in [3.63, 3.8) is 0 Å². The van der Waals surface area contributed by atoms with Crippen molar-refractivity contribution in [2.75, 3.05) is 0 Å². The van der Waals surface area contributed by atoms with Crippen molar-refractivity contribution in [1.82, 2.24) is 0 Å². The smallest absolute Gasteiger partial charge is 0.00864 e. The van der Waals surface area contributed by atoms with Crippen LogP contribution in [0.1, 0.15) is 52.4 Å². The van der Waals surface area contributed by atoms with Crippen LogP contribution in [-0.2, 0) is 0 Å². The van der Waals surface area contributed by atoms with Gasteiger partial charge in [-0.3, -0.25) is 0 Å². The molecule has 1 N–H and O–H groups in total. The van der Waals surface area contributed by atoms with Gasteiger partial charge in [-0.15, -0.1) is 0 Å². The maximum atomic E-state index is 7.37. The molecule has 0 fully saturated rings. The summed E-state index contributed by atoms with van der Waals surface area (Å²) in [6.07, 6.45) is 7.11. The van der Waals surface area contributed by atoms with Gasteiger partial charge >= 0.3 is 0 Å². The fourth-order valence-corrected chi connectivity index (χ4v) is 0.942. The van der Waals surface area contributed by atoms with Gasteiger partial charge in [0.05, 0.1) is 0 Å². The highest BCUT2D eigenvalue weighted by atomic mass is 14.4. The summed E-state index contributed by atoms with van der Waals surface area (Å²) in [5.41, 5.74) is 0.913. The Morgan fingerprint density at radius 1 is 1.10 bits per heavy atom. The van der Waals surface area contributed by atoms with Crippen molar-refractivity contribution in [1.29, 1.82) is 5.41 Å². The number of nitrogens with one attached hydrogen (secondary N) is 1. The van der Waals surface area contributed by atoms with Crippen molar-refractivity contribution in [2.45, 2.75) is 52.4 Å². The second-order valence-electron chi connectivity index (χ2n) is 2.77. The van der Waals surface area contributed by atoms with E-state index < -0.39 is 0 Å². The van der Waals surface area contributed by atoms with Crippen LogP contribution in [0.3, 0.4) is 0 Å². The molecule has 10 heavy (non-hydrogen) atoms. The molecule has 0 aliphatic rings. The molecule has 0 aromatic rings. The van der Waals surface area contributed by atoms with E-state index in [4.69, 9.17) is 5.41 Å². The molecule has 0 aromatic heterocycles. The zero-order valence-electron chi connectivity index (χ0n) is 7.24. The van der Waals surface area contributed by atoms with Crippen molar-refractivity contribution >= 4 is 5.71 Å². The van der Waals surface area contributed by atoms with E-state index in [-0.39, 0.29) is 0 Å². The molecular formula is C9H19N. The van der Waals surface area contributed by atoms with Crippen LogP contribution >= 0.6 is 0 Å². The van der Waals surface area contributed by atoms with Gasteiger partial charge in [-0.1, -0.05) is 33.1 Å². The first-order chi connectivity index (χ1) is 4.81. The molecule has 0 aliphatic heterocycles. The maximum Gasteiger partial charge on any atom is 0.00864 e. The summed E-state index contributed by atoms with van der Waals surface area (Å²) >= 11 is 0. The van der Waals surface area contributed by atoms with Crippen LogP contribution < -0.4 is 0 Å². The highest BCUT2D eigenvalue weighted by Crippen LogP contribution is 2.03. The molecule has 1 nitrogen and oxygen atoms in total. The Kier molecular flexibility index (Phi) is 6.56. The van der Waals surface area contributed by atoms with Crippen LogP contribution in [0.5, 0.6) is 0 Å². The van der Waals surface area contributed by atoms with Gasteiger partial charge in [0.25, 0.3) is 0 Å². The highest BCUT2D eigenvalue weighted by molar-refractivity contribution is 5.80. The number of rotatable bonds is 6. The highest BCUT2D eigenvalue weighted by Gasteiger charge is 1.92. The van der Waals surface area contributed by atoms with Crippen LogP contribution in [0.4, 0.5) is 0 Å². The summed E-state index contributed by atoms with van der Waals surface area (Å²) in [7, 11) is 0. The monoisotopic (exact) mass is 141 g/mol. The number of hydrogen-bond donors (Lipinski definition) is 1. The van der Waals surface area contributed by atoms with Crippen LogP contribution in [0.2, 0.25) is 0 Å². The van der Waals surface area contributed by atoms with Crippen molar-refractivity contribution < 1.29 is 0 Å². The first kappa shape index (κ1) is 9.67. The van der Waals surface area contributed by atoms with Gasteiger partial charge in [0.15, 0.2) is 0 Å². The summed E-state index contributed by atoms with van der Waals surface area (Å²) in [6.45, 7) is 4.27. The van der Waals surface area contributed by atoms with E-state index >= 15 is 0 Å². The lowest BCUT2D eigenvalue weighted by molar-refractivity contribution is 0.679. The summed E-state index contributed by atoms with van der Waals surface area (Å²) in [5, 5.41) is 7.37. The normalized spacial score (nSPS) is 9.80. The minimum Gasteiger partial charge on any atom is -0.310 e. The Labute approximate surface area is 64.3 Å². The van der Waals surface area contributed by atoms with Gasteiger partial charge < -0.3 is 5.41 Å². The molecule has 0 amide bonds. The number of hydrogen-bond acceptors (Lipinski definition) is 1. The Morgan fingerprint density at radius 3 is 2.30 bits per heavy atom. The van der Waals surface area contributed by atoms with Gasteiger partial charge in [0.1, 0.15) is 0 Å². The largest absolute Gasteiger partial charge is 0.310 e. The topological polar surface area (TPSA) is 23.9 Å². The van der Waals surface area contributed by atoms with E-state index in [1.807, 2.05) is 0 Å². The molecule has 0 atom stereocenters. The first-order valence-corrected chi connectivity index (χ1v) is 4.37. The van der Waals surface area contributed by atoms with E-state index in [1.54, 1.807) is 0 Å². The molecule has 0 saturated heterocycles. The maximum absolute atomic E-state index is 7.37. The lowest BCUT2D eigenvalue weighted by atomic mass is 10.1. The summed E-state index contributed by atoms with van der Waals surface area (Å²) in [5.74, 6) is 0. The second-order valence-corrected chi connectivity index (χ2v) is 2.77. The molecule has 1 heteroatoms. The molecule has 0 spiro atoms. The van der Waals surface area contributed by atoms with E-state index in [0.29, 0.717) is 0 Å². The van der Waals surface area contributed by atoms with E-state index in [1.165, 1.54) is 25.7 Å². The minimum atomic E-state index is 0.913. The lowest BCUT2D eigenvalue weighted by Crippen LogP contribution is -1.92. The zero-order chi connectivity index (χ0) is 7.82. The molecule has 0 aromatic carbocycles. The zero-order valence-corrected chi connectivity index (χ0v) is 7.24. The molecule has 0 rings (SSSR count). The van der Waals surface area contributed by atoms with Crippen LogP contribution in [0.15, 0.2) is 0 Å². The van der Waals surface area contributed by atoms with E-state index in [2.05, 4.69) is 13.8 Å². The fourth-order valence-electron chi connectivity index (χ4n) is 0.942. The van der Waals surface area contributed by atoms with Gasteiger partial charge in [0, 0.05) is 5.71 Å². The molecule has 0 saturated carbocycles. The summed E-state index contributed by atoms with van der Waals surface area (Å²) in [6, 6.07) is 0. The van der Waals surface area contributed by atoms with Gasteiger partial charge in [-0.25, -0.2) is 0 Å². The molecule has 0 bridgehead atoms.